The van der Waals surface area contributed by atoms with Crippen LogP contribution in [0.1, 0.15) is 25.7 Å². The van der Waals surface area contributed by atoms with Crippen molar-refractivity contribution in [1.82, 2.24) is 0 Å². The molecule has 0 radical (unpaired) electrons. The van der Waals surface area contributed by atoms with Crippen LogP contribution in [0.15, 0.2) is 0 Å². The number of nitrogens with two attached hydrogens (primary N) is 1. The summed E-state index contributed by atoms with van der Waals surface area (Å²) in [6.07, 6.45) is 3.17. The van der Waals surface area contributed by atoms with Gasteiger partial charge in [0.25, 0.3) is 0 Å². The normalized spacial score (nSPS) is 31.2. The zero-order valence-electron chi connectivity index (χ0n) is 9.43. The van der Waals surface area contributed by atoms with Gasteiger partial charge in [-0.3, -0.25) is 0 Å². The van der Waals surface area contributed by atoms with Crippen molar-refractivity contribution in [3.63, 3.8) is 0 Å². The minimum atomic E-state index is -0.632. The molecule has 0 heterocycles. The van der Waals surface area contributed by atoms with Gasteiger partial charge >= 0.3 is 0 Å². The Balaban J connectivity index is 2.21. The Morgan fingerprint density at radius 3 is 3.00 bits per heavy atom. The fourth-order valence-electron chi connectivity index (χ4n) is 2.15. The highest BCUT2D eigenvalue weighted by molar-refractivity contribution is 7.99. The van der Waals surface area contributed by atoms with E-state index in [1.54, 1.807) is 11.8 Å². The van der Waals surface area contributed by atoms with Gasteiger partial charge in [0, 0.05) is 5.75 Å². The Labute approximate surface area is 101 Å². The van der Waals surface area contributed by atoms with E-state index < -0.39 is 11.6 Å². The number of hydrogen-bond donors (Lipinski definition) is 3. The van der Waals surface area contributed by atoms with Gasteiger partial charge in [0.05, 0.1) is 18.8 Å². The number of aliphatic hydroxyl groups excluding tert-OH is 2. The van der Waals surface area contributed by atoms with Crippen molar-refractivity contribution in [2.75, 3.05) is 18.1 Å². The third-order valence-corrected chi connectivity index (χ3v) is 4.36. The van der Waals surface area contributed by atoms with Crippen LogP contribution in [0.25, 0.3) is 0 Å². The van der Waals surface area contributed by atoms with Crippen molar-refractivity contribution in [3.8, 4) is 6.07 Å². The average molecular weight is 244 g/mol. The molecule has 3 unspecified atom stereocenters. The predicted molar refractivity (Wildman–Crippen MR) is 64.9 cm³/mol. The second-order valence-corrected chi connectivity index (χ2v) is 5.59. The summed E-state index contributed by atoms with van der Waals surface area (Å²) in [5.41, 5.74) is 5.38. The Kier molecular flexibility index (Phi) is 5.56. The predicted octanol–water partition coefficient (Wildman–Crippen LogP) is 0.484. The fourth-order valence-corrected chi connectivity index (χ4v) is 3.14. The summed E-state index contributed by atoms with van der Waals surface area (Å²) in [5, 5.41) is 26.8. The van der Waals surface area contributed by atoms with Crippen LogP contribution < -0.4 is 5.73 Å². The van der Waals surface area contributed by atoms with Gasteiger partial charge in [-0.1, -0.05) is 6.42 Å². The van der Waals surface area contributed by atoms with Gasteiger partial charge in [0.1, 0.15) is 5.54 Å². The van der Waals surface area contributed by atoms with E-state index in [1.807, 2.05) is 0 Å². The Morgan fingerprint density at radius 1 is 1.62 bits per heavy atom. The van der Waals surface area contributed by atoms with Gasteiger partial charge in [0.2, 0.25) is 0 Å². The molecule has 1 saturated carbocycles. The highest BCUT2D eigenvalue weighted by Crippen LogP contribution is 2.36. The Morgan fingerprint density at radius 2 is 2.38 bits per heavy atom. The van der Waals surface area contributed by atoms with Crippen molar-refractivity contribution < 1.29 is 10.2 Å². The van der Waals surface area contributed by atoms with Crippen LogP contribution >= 0.6 is 11.8 Å². The quantitative estimate of drug-likeness (QED) is 0.591. The summed E-state index contributed by atoms with van der Waals surface area (Å²) >= 11 is 1.61. The standard InChI is InChI=1S/C11H20N2O2S/c12-8-11(13)4-1-2-9(11)3-5-16-7-10(15)6-14/h9-10,14-15H,1-7,13H2. The summed E-state index contributed by atoms with van der Waals surface area (Å²) in [6, 6.07) is 2.23. The van der Waals surface area contributed by atoms with Crippen LogP contribution in [0.5, 0.6) is 0 Å². The lowest BCUT2D eigenvalue weighted by Crippen LogP contribution is -2.41. The summed E-state index contributed by atoms with van der Waals surface area (Å²) in [7, 11) is 0. The maximum absolute atomic E-state index is 9.15. The van der Waals surface area contributed by atoms with Crippen molar-refractivity contribution in [1.29, 1.82) is 5.26 Å². The Hall–Kier alpha value is -0.280. The third-order valence-electron chi connectivity index (χ3n) is 3.21. The van der Waals surface area contributed by atoms with Crippen molar-refractivity contribution in [2.24, 2.45) is 11.7 Å². The lowest BCUT2D eigenvalue weighted by atomic mass is 9.88. The summed E-state index contributed by atoms with van der Waals surface area (Å²) in [5.74, 6) is 1.73. The van der Waals surface area contributed by atoms with Crippen molar-refractivity contribution in [2.45, 2.75) is 37.3 Å². The Bertz CT molecular complexity index is 257. The third kappa shape index (κ3) is 3.63. The van der Waals surface area contributed by atoms with E-state index in [1.165, 1.54) is 0 Å². The van der Waals surface area contributed by atoms with Gasteiger partial charge in [-0.2, -0.15) is 17.0 Å². The lowest BCUT2D eigenvalue weighted by molar-refractivity contribution is 0.113. The highest BCUT2D eigenvalue weighted by Gasteiger charge is 2.39. The van der Waals surface area contributed by atoms with Gasteiger partial charge in [-0.25, -0.2) is 0 Å². The van der Waals surface area contributed by atoms with Gasteiger partial charge in [0.15, 0.2) is 0 Å². The largest absolute Gasteiger partial charge is 0.394 e. The molecule has 1 fully saturated rings. The molecule has 0 aromatic heterocycles. The number of nitriles is 1. The summed E-state index contributed by atoms with van der Waals surface area (Å²) in [6.45, 7) is -0.185. The molecule has 92 valence electrons. The van der Waals surface area contributed by atoms with E-state index in [-0.39, 0.29) is 12.5 Å². The highest BCUT2D eigenvalue weighted by atomic mass is 32.2. The molecular weight excluding hydrogens is 224 g/mol. The van der Waals surface area contributed by atoms with E-state index in [4.69, 9.17) is 21.2 Å². The molecular formula is C11H20N2O2S. The molecule has 0 aromatic rings. The average Bonchev–Trinajstić information content (AvgIpc) is 2.67. The van der Waals surface area contributed by atoms with Crippen LogP contribution in [0.2, 0.25) is 0 Å². The zero-order chi connectivity index (χ0) is 12.0. The van der Waals surface area contributed by atoms with Crippen LogP contribution in [0.3, 0.4) is 0 Å². The number of thioether (sulfide) groups is 1. The maximum atomic E-state index is 9.15. The molecule has 1 aliphatic rings. The summed E-state index contributed by atoms with van der Waals surface area (Å²) < 4.78 is 0. The van der Waals surface area contributed by atoms with E-state index in [2.05, 4.69) is 6.07 Å². The minimum Gasteiger partial charge on any atom is -0.394 e. The van der Waals surface area contributed by atoms with E-state index >= 15 is 0 Å². The molecule has 0 amide bonds. The van der Waals surface area contributed by atoms with Gasteiger partial charge < -0.3 is 15.9 Å². The molecule has 1 aliphatic carbocycles. The lowest BCUT2D eigenvalue weighted by Gasteiger charge is -2.23. The zero-order valence-corrected chi connectivity index (χ0v) is 10.2. The molecule has 5 heteroatoms. The molecule has 16 heavy (non-hydrogen) atoms. The maximum Gasteiger partial charge on any atom is 0.107 e. The molecule has 0 saturated heterocycles. The van der Waals surface area contributed by atoms with Crippen molar-refractivity contribution >= 4 is 11.8 Å². The number of hydrogen-bond acceptors (Lipinski definition) is 5. The second kappa shape index (κ2) is 6.45. The molecule has 1 rings (SSSR count). The first-order chi connectivity index (χ1) is 7.62. The van der Waals surface area contributed by atoms with Crippen molar-refractivity contribution in [3.05, 3.63) is 0 Å². The number of aliphatic hydroxyl groups is 2. The van der Waals surface area contributed by atoms with E-state index in [9.17, 15) is 0 Å². The monoisotopic (exact) mass is 244 g/mol. The van der Waals surface area contributed by atoms with E-state index in [0.29, 0.717) is 5.75 Å². The minimum absolute atomic E-state index is 0.185. The smallest absolute Gasteiger partial charge is 0.107 e. The second-order valence-electron chi connectivity index (χ2n) is 4.44. The number of nitrogens with zero attached hydrogens (tertiary/aromatic N) is 1. The topological polar surface area (TPSA) is 90.3 Å². The first-order valence-corrected chi connectivity index (χ1v) is 6.84. The molecule has 3 atom stereocenters. The van der Waals surface area contributed by atoms with Crippen LogP contribution in [0.4, 0.5) is 0 Å². The van der Waals surface area contributed by atoms with Crippen LogP contribution in [-0.4, -0.2) is 40.0 Å². The number of rotatable bonds is 6. The van der Waals surface area contributed by atoms with Crippen LogP contribution in [0, 0.1) is 17.2 Å². The first kappa shape index (κ1) is 13.8. The molecule has 0 aromatic carbocycles. The molecule has 0 aliphatic heterocycles. The first-order valence-electron chi connectivity index (χ1n) is 5.69. The fraction of sp³-hybridized carbons (Fsp3) is 0.909. The SMILES string of the molecule is N#CC1(N)CCCC1CCSCC(O)CO. The summed E-state index contributed by atoms with van der Waals surface area (Å²) in [4.78, 5) is 0. The molecule has 0 spiro atoms. The molecule has 4 nitrogen and oxygen atoms in total. The van der Waals surface area contributed by atoms with Gasteiger partial charge in [-0.15, -0.1) is 0 Å². The molecule has 4 N–H and O–H groups in total. The van der Waals surface area contributed by atoms with Gasteiger partial charge in [-0.05, 0) is 30.9 Å². The van der Waals surface area contributed by atoms with E-state index in [0.717, 1.165) is 31.4 Å². The van der Waals surface area contributed by atoms with Crippen LogP contribution in [-0.2, 0) is 0 Å². The molecule has 0 bridgehead atoms.